The van der Waals surface area contributed by atoms with E-state index in [2.05, 4.69) is 4.85 Å². The number of hydrogen-bond acceptors (Lipinski definition) is 1. The van der Waals surface area contributed by atoms with E-state index in [1.165, 1.54) is 11.0 Å². The lowest BCUT2D eigenvalue weighted by atomic mass is 10.1. The molecule has 0 radical (unpaired) electrons. The van der Waals surface area contributed by atoms with Gasteiger partial charge in [0, 0.05) is 18.8 Å². The number of alkyl halides is 5. The number of hydrogen-bond donors (Lipinski definition) is 0. The molecule has 1 aromatic rings. The van der Waals surface area contributed by atoms with E-state index in [0.717, 1.165) is 12.1 Å². The fourth-order valence-electron chi connectivity index (χ4n) is 1.62. The van der Waals surface area contributed by atoms with Gasteiger partial charge in [0.2, 0.25) is 0 Å². The van der Waals surface area contributed by atoms with Crippen LogP contribution in [0.25, 0.3) is 4.85 Å². The standard InChI is InChI=1S/C12H11F5N2/c1-18-11-3-2-9(8-10(11)12(15,16)17)19(6-4-13)7-5-14/h2-3,8H,4-7H2. The third kappa shape index (κ3) is 3.81. The third-order valence-electron chi connectivity index (χ3n) is 2.48. The molecule has 0 atom stereocenters. The van der Waals surface area contributed by atoms with Crippen molar-refractivity contribution in [2.45, 2.75) is 6.18 Å². The number of anilines is 1. The molecule has 0 bridgehead atoms. The van der Waals surface area contributed by atoms with Crippen molar-refractivity contribution in [3.8, 4) is 0 Å². The average Bonchev–Trinajstić information content (AvgIpc) is 2.37. The summed E-state index contributed by atoms with van der Waals surface area (Å²) in [6.07, 6.45) is -4.67. The minimum absolute atomic E-state index is 0.0509. The van der Waals surface area contributed by atoms with Gasteiger partial charge in [-0.1, -0.05) is 6.07 Å². The Bertz CT molecular complexity index is 458. The van der Waals surface area contributed by atoms with Crippen LogP contribution in [0.4, 0.5) is 33.3 Å². The summed E-state index contributed by atoms with van der Waals surface area (Å²) < 4.78 is 62.8. The molecule has 0 spiro atoms. The van der Waals surface area contributed by atoms with Crippen LogP contribution in [0, 0.1) is 6.57 Å². The zero-order chi connectivity index (χ0) is 14.5. The first-order chi connectivity index (χ1) is 8.93. The Hall–Kier alpha value is -1.84. The first-order valence-corrected chi connectivity index (χ1v) is 5.39. The van der Waals surface area contributed by atoms with Crippen LogP contribution >= 0.6 is 0 Å². The molecule has 0 aliphatic carbocycles. The second-order valence-electron chi connectivity index (χ2n) is 3.68. The minimum atomic E-state index is -4.67. The highest BCUT2D eigenvalue weighted by Gasteiger charge is 2.33. The maximum Gasteiger partial charge on any atom is 0.407 e. The first kappa shape index (κ1) is 15.2. The van der Waals surface area contributed by atoms with Crippen LogP contribution in [0.3, 0.4) is 0 Å². The van der Waals surface area contributed by atoms with Gasteiger partial charge >= 0.3 is 6.18 Å². The molecule has 19 heavy (non-hydrogen) atoms. The summed E-state index contributed by atoms with van der Waals surface area (Å²) in [6, 6.07) is 3.02. The zero-order valence-electron chi connectivity index (χ0n) is 9.84. The summed E-state index contributed by atoms with van der Waals surface area (Å²) >= 11 is 0. The van der Waals surface area contributed by atoms with Crippen LogP contribution in [0.5, 0.6) is 0 Å². The second-order valence-corrected chi connectivity index (χ2v) is 3.68. The van der Waals surface area contributed by atoms with Crippen LogP contribution in [-0.4, -0.2) is 26.4 Å². The van der Waals surface area contributed by atoms with Crippen LogP contribution < -0.4 is 4.90 Å². The molecule has 0 N–H and O–H groups in total. The molecule has 0 aromatic heterocycles. The molecule has 0 saturated carbocycles. The minimum Gasteiger partial charge on any atom is -0.366 e. The summed E-state index contributed by atoms with van der Waals surface area (Å²) in [5, 5.41) is 0. The average molecular weight is 278 g/mol. The van der Waals surface area contributed by atoms with Crippen molar-refractivity contribution >= 4 is 11.4 Å². The van der Waals surface area contributed by atoms with Crippen LogP contribution in [0.15, 0.2) is 18.2 Å². The van der Waals surface area contributed by atoms with Gasteiger partial charge in [0.05, 0.1) is 12.1 Å². The van der Waals surface area contributed by atoms with Gasteiger partial charge in [-0.15, -0.1) is 0 Å². The molecular formula is C12H11F5N2. The Labute approximate surface area is 107 Å². The zero-order valence-corrected chi connectivity index (χ0v) is 9.84. The van der Waals surface area contributed by atoms with Crippen molar-refractivity contribution < 1.29 is 22.0 Å². The molecule has 0 aliphatic rings. The second kappa shape index (κ2) is 6.36. The van der Waals surface area contributed by atoms with Crippen molar-refractivity contribution in [2.24, 2.45) is 0 Å². The van der Waals surface area contributed by atoms with Crippen LogP contribution in [0.1, 0.15) is 5.56 Å². The Morgan fingerprint density at radius 3 is 2.11 bits per heavy atom. The number of halogens is 5. The van der Waals surface area contributed by atoms with Crippen LogP contribution in [-0.2, 0) is 6.18 Å². The normalized spacial score (nSPS) is 11.2. The molecular weight excluding hydrogens is 267 g/mol. The van der Waals surface area contributed by atoms with Gasteiger partial charge in [-0.25, -0.2) is 13.6 Å². The monoisotopic (exact) mass is 278 g/mol. The molecule has 0 heterocycles. The van der Waals surface area contributed by atoms with Gasteiger partial charge in [0.1, 0.15) is 13.3 Å². The smallest absolute Gasteiger partial charge is 0.366 e. The highest BCUT2D eigenvalue weighted by Crippen LogP contribution is 2.38. The van der Waals surface area contributed by atoms with Gasteiger partial charge < -0.3 is 4.90 Å². The van der Waals surface area contributed by atoms with E-state index in [1.807, 2.05) is 0 Å². The van der Waals surface area contributed by atoms with Crippen molar-refractivity contribution in [3.63, 3.8) is 0 Å². The van der Waals surface area contributed by atoms with E-state index in [-0.39, 0.29) is 18.8 Å². The lowest BCUT2D eigenvalue weighted by molar-refractivity contribution is -0.136. The van der Waals surface area contributed by atoms with E-state index in [9.17, 15) is 22.0 Å². The molecule has 2 nitrogen and oxygen atoms in total. The Morgan fingerprint density at radius 2 is 1.68 bits per heavy atom. The molecule has 1 aromatic carbocycles. The van der Waals surface area contributed by atoms with Gasteiger partial charge in [0.15, 0.2) is 5.69 Å². The third-order valence-corrected chi connectivity index (χ3v) is 2.48. The summed E-state index contributed by atoms with van der Waals surface area (Å²) in [5.74, 6) is 0. The van der Waals surface area contributed by atoms with E-state index in [4.69, 9.17) is 6.57 Å². The lowest BCUT2D eigenvalue weighted by Crippen LogP contribution is -2.28. The van der Waals surface area contributed by atoms with Crippen molar-refractivity contribution in [2.75, 3.05) is 31.3 Å². The number of rotatable bonds is 5. The van der Waals surface area contributed by atoms with Crippen LogP contribution in [0.2, 0.25) is 0 Å². The molecule has 7 heteroatoms. The van der Waals surface area contributed by atoms with Crippen molar-refractivity contribution in [1.29, 1.82) is 0 Å². The van der Waals surface area contributed by atoms with Crippen molar-refractivity contribution in [1.82, 2.24) is 0 Å². The predicted molar refractivity (Wildman–Crippen MR) is 61.9 cm³/mol. The highest BCUT2D eigenvalue weighted by atomic mass is 19.4. The summed E-state index contributed by atoms with van der Waals surface area (Å²) in [6.45, 7) is 4.70. The quantitative estimate of drug-likeness (QED) is 0.583. The number of benzene rings is 1. The van der Waals surface area contributed by atoms with Gasteiger partial charge in [-0.05, 0) is 12.1 Å². The topological polar surface area (TPSA) is 7.60 Å². The summed E-state index contributed by atoms with van der Waals surface area (Å²) in [4.78, 5) is 3.96. The first-order valence-electron chi connectivity index (χ1n) is 5.39. The van der Waals surface area contributed by atoms with E-state index < -0.39 is 30.8 Å². The molecule has 0 aliphatic heterocycles. The SMILES string of the molecule is [C-]#[N+]c1ccc(N(CCF)CCF)cc1C(F)(F)F. The fraction of sp³-hybridized carbons (Fsp3) is 0.417. The molecule has 0 fully saturated rings. The molecule has 0 amide bonds. The Balaban J connectivity index is 3.20. The van der Waals surface area contributed by atoms with E-state index >= 15 is 0 Å². The van der Waals surface area contributed by atoms with Crippen molar-refractivity contribution in [3.05, 3.63) is 35.2 Å². The van der Waals surface area contributed by atoms with Gasteiger partial charge in [-0.2, -0.15) is 13.2 Å². The highest BCUT2D eigenvalue weighted by molar-refractivity contribution is 5.62. The number of nitrogens with zero attached hydrogens (tertiary/aromatic N) is 2. The summed E-state index contributed by atoms with van der Waals surface area (Å²) in [7, 11) is 0. The molecule has 0 saturated heterocycles. The fourth-order valence-corrected chi connectivity index (χ4v) is 1.62. The maximum absolute atomic E-state index is 12.7. The van der Waals surface area contributed by atoms with E-state index in [1.54, 1.807) is 0 Å². The van der Waals surface area contributed by atoms with Gasteiger partial charge in [0.25, 0.3) is 0 Å². The molecule has 0 unspecified atom stereocenters. The Morgan fingerprint density at radius 1 is 1.11 bits per heavy atom. The lowest BCUT2D eigenvalue weighted by Gasteiger charge is -2.23. The largest absolute Gasteiger partial charge is 0.407 e. The van der Waals surface area contributed by atoms with E-state index in [0.29, 0.717) is 0 Å². The predicted octanol–water partition coefficient (Wildman–Crippen LogP) is 4.00. The van der Waals surface area contributed by atoms with Gasteiger partial charge in [-0.3, -0.25) is 0 Å². The molecule has 1 rings (SSSR count). The molecule has 104 valence electrons. The Kier molecular flexibility index (Phi) is 5.10. The summed E-state index contributed by atoms with van der Waals surface area (Å²) in [5.41, 5.74) is -1.57. The maximum atomic E-state index is 12.7.